The molecule has 0 unspecified atom stereocenters. The predicted molar refractivity (Wildman–Crippen MR) is 88.1 cm³/mol. The van der Waals surface area contributed by atoms with E-state index in [4.69, 9.17) is 4.74 Å². The first-order valence-corrected chi connectivity index (χ1v) is 8.14. The van der Waals surface area contributed by atoms with Crippen LogP contribution in [0.2, 0.25) is 0 Å². The Kier molecular flexibility index (Phi) is 8.74. The summed E-state index contributed by atoms with van der Waals surface area (Å²) in [5.41, 5.74) is 0. The molecule has 0 aliphatic rings. The Balaban J connectivity index is 2.40. The van der Waals surface area contributed by atoms with E-state index in [0.29, 0.717) is 12.5 Å². The van der Waals surface area contributed by atoms with Crippen LogP contribution >= 0.6 is 0 Å². The van der Waals surface area contributed by atoms with Gasteiger partial charge in [0, 0.05) is 12.6 Å². The van der Waals surface area contributed by atoms with Gasteiger partial charge in [0.2, 0.25) is 5.88 Å². The molecule has 1 rings (SSSR count). The number of nitrogens with zero attached hydrogens (tertiary/aromatic N) is 3. The Bertz CT molecular complexity index is 394. The highest BCUT2D eigenvalue weighted by molar-refractivity contribution is 5.38. The van der Waals surface area contributed by atoms with Crippen molar-refractivity contribution in [2.75, 3.05) is 38.1 Å². The Labute approximate surface area is 129 Å². The van der Waals surface area contributed by atoms with E-state index in [1.165, 1.54) is 0 Å². The van der Waals surface area contributed by atoms with Crippen molar-refractivity contribution in [3.63, 3.8) is 0 Å². The highest BCUT2D eigenvalue weighted by Gasteiger charge is 2.03. The first-order valence-electron chi connectivity index (χ1n) is 8.14. The molecule has 120 valence electrons. The molecule has 0 spiro atoms. The van der Waals surface area contributed by atoms with Gasteiger partial charge in [0.05, 0.1) is 6.61 Å². The first kappa shape index (κ1) is 17.7. The molecule has 1 N–H and O–H groups in total. The van der Waals surface area contributed by atoms with Crippen LogP contribution in [0.3, 0.4) is 0 Å². The third kappa shape index (κ3) is 7.27. The van der Waals surface area contributed by atoms with Crippen molar-refractivity contribution < 1.29 is 4.74 Å². The third-order valence-electron chi connectivity index (χ3n) is 3.41. The second-order valence-electron chi connectivity index (χ2n) is 5.15. The van der Waals surface area contributed by atoms with Gasteiger partial charge in [-0.15, -0.1) is 0 Å². The monoisotopic (exact) mass is 294 g/mol. The van der Waals surface area contributed by atoms with Gasteiger partial charge in [-0.1, -0.05) is 27.2 Å². The Morgan fingerprint density at radius 3 is 2.57 bits per heavy atom. The largest absolute Gasteiger partial charge is 0.478 e. The third-order valence-corrected chi connectivity index (χ3v) is 3.41. The smallest absolute Gasteiger partial charge is 0.218 e. The number of hydrogen-bond acceptors (Lipinski definition) is 5. The van der Waals surface area contributed by atoms with Gasteiger partial charge in [-0.2, -0.15) is 4.98 Å². The molecule has 0 fully saturated rings. The van der Waals surface area contributed by atoms with Crippen LogP contribution in [-0.2, 0) is 0 Å². The number of aromatic nitrogens is 2. The lowest BCUT2D eigenvalue weighted by molar-refractivity contribution is 0.296. The number of aryl methyl sites for hydroxylation is 1. The van der Waals surface area contributed by atoms with Gasteiger partial charge < -0.3 is 15.0 Å². The standard InChI is InChI=1S/C16H30N4O/c1-5-8-12-21-16-13-15(18-14(4)19-16)17-10-9-11-20(6-2)7-3/h13H,5-12H2,1-4H3,(H,17,18,19). The predicted octanol–water partition coefficient (Wildman–Crippen LogP) is 3.11. The average molecular weight is 294 g/mol. The normalized spacial score (nSPS) is 10.9. The summed E-state index contributed by atoms with van der Waals surface area (Å²) >= 11 is 0. The van der Waals surface area contributed by atoms with Gasteiger partial charge in [0.1, 0.15) is 11.6 Å². The zero-order valence-corrected chi connectivity index (χ0v) is 14.0. The van der Waals surface area contributed by atoms with E-state index >= 15 is 0 Å². The maximum atomic E-state index is 5.65. The minimum atomic E-state index is 0.669. The summed E-state index contributed by atoms with van der Waals surface area (Å²) in [5.74, 6) is 2.27. The zero-order valence-electron chi connectivity index (χ0n) is 14.0. The van der Waals surface area contributed by atoms with Crippen LogP contribution in [0.25, 0.3) is 0 Å². The van der Waals surface area contributed by atoms with Crippen molar-refractivity contribution >= 4 is 5.82 Å². The van der Waals surface area contributed by atoms with Crippen LogP contribution in [0, 0.1) is 6.92 Å². The van der Waals surface area contributed by atoms with Crippen LogP contribution in [0.1, 0.15) is 45.9 Å². The molecule has 21 heavy (non-hydrogen) atoms. The van der Waals surface area contributed by atoms with Gasteiger partial charge in [0.15, 0.2) is 0 Å². The number of ether oxygens (including phenoxy) is 1. The average Bonchev–Trinajstić information content (AvgIpc) is 2.47. The first-order chi connectivity index (χ1) is 10.2. The summed E-state index contributed by atoms with van der Waals surface area (Å²) in [5, 5.41) is 3.36. The minimum absolute atomic E-state index is 0.669. The fraction of sp³-hybridized carbons (Fsp3) is 0.750. The molecular weight excluding hydrogens is 264 g/mol. The minimum Gasteiger partial charge on any atom is -0.478 e. The molecule has 5 nitrogen and oxygen atoms in total. The number of anilines is 1. The number of hydrogen-bond donors (Lipinski definition) is 1. The van der Waals surface area contributed by atoms with E-state index in [1.54, 1.807) is 0 Å². The maximum Gasteiger partial charge on any atom is 0.218 e. The Morgan fingerprint density at radius 1 is 1.14 bits per heavy atom. The highest BCUT2D eigenvalue weighted by Crippen LogP contribution is 2.13. The molecule has 0 saturated heterocycles. The molecule has 0 radical (unpaired) electrons. The fourth-order valence-electron chi connectivity index (χ4n) is 2.08. The van der Waals surface area contributed by atoms with Crippen molar-refractivity contribution in [1.82, 2.24) is 14.9 Å². The molecule has 0 aliphatic carbocycles. The molecule has 1 heterocycles. The van der Waals surface area contributed by atoms with Crippen LogP contribution in [-0.4, -0.2) is 47.7 Å². The van der Waals surface area contributed by atoms with Crippen molar-refractivity contribution in [3.8, 4) is 5.88 Å². The number of rotatable bonds is 11. The van der Waals surface area contributed by atoms with Crippen LogP contribution in [0.5, 0.6) is 5.88 Å². The van der Waals surface area contributed by atoms with E-state index in [-0.39, 0.29) is 0 Å². The quantitative estimate of drug-likeness (QED) is 0.636. The van der Waals surface area contributed by atoms with Crippen molar-refractivity contribution in [2.24, 2.45) is 0 Å². The van der Waals surface area contributed by atoms with E-state index in [9.17, 15) is 0 Å². The number of nitrogens with one attached hydrogen (secondary N) is 1. The van der Waals surface area contributed by atoms with Crippen molar-refractivity contribution in [1.29, 1.82) is 0 Å². The molecule has 1 aromatic heterocycles. The molecule has 0 aromatic carbocycles. The van der Waals surface area contributed by atoms with Crippen LogP contribution < -0.4 is 10.1 Å². The SMILES string of the molecule is CCCCOc1cc(NCCCN(CC)CC)nc(C)n1. The van der Waals surface area contributed by atoms with E-state index in [1.807, 2.05) is 13.0 Å². The van der Waals surface area contributed by atoms with Gasteiger partial charge in [-0.3, -0.25) is 0 Å². The lowest BCUT2D eigenvalue weighted by atomic mass is 10.3. The zero-order chi connectivity index (χ0) is 15.5. The molecule has 5 heteroatoms. The van der Waals surface area contributed by atoms with Gasteiger partial charge in [-0.25, -0.2) is 4.98 Å². The Morgan fingerprint density at radius 2 is 1.90 bits per heavy atom. The summed E-state index contributed by atoms with van der Waals surface area (Å²) < 4.78 is 5.65. The molecule has 0 aliphatic heterocycles. The van der Waals surface area contributed by atoms with E-state index in [2.05, 4.69) is 41.0 Å². The van der Waals surface area contributed by atoms with Crippen LogP contribution in [0.15, 0.2) is 6.07 Å². The summed E-state index contributed by atoms with van der Waals surface area (Å²) in [4.78, 5) is 11.1. The molecular formula is C16H30N4O. The maximum absolute atomic E-state index is 5.65. The number of unbranched alkanes of at least 4 members (excludes halogenated alkanes) is 1. The lowest BCUT2D eigenvalue weighted by Gasteiger charge is -2.17. The Hall–Kier alpha value is -1.36. The van der Waals surface area contributed by atoms with E-state index in [0.717, 1.165) is 57.1 Å². The summed E-state index contributed by atoms with van der Waals surface area (Å²) in [6.07, 6.45) is 3.28. The fourth-order valence-corrected chi connectivity index (χ4v) is 2.08. The molecule has 0 bridgehead atoms. The van der Waals surface area contributed by atoms with Gasteiger partial charge in [-0.05, 0) is 39.4 Å². The summed E-state index contributed by atoms with van der Waals surface area (Å²) in [6, 6.07) is 1.89. The molecule has 1 aromatic rings. The topological polar surface area (TPSA) is 50.3 Å². The van der Waals surface area contributed by atoms with Gasteiger partial charge >= 0.3 is 0 Å². The second-order valence-corrected chi connectivity index (χ2v) is 5.15. The second kappa shape index (κ2) is 10.4. The van der Waals surface area contributed by atoms with Crippen molar-refractivity contribution in [2.45, 2.75) is 47.0 Å². The molecule has 0 amide bonds. The van der Waals surface area contributed by atoms with Gasteiger partial charge in [0.25, 0.3) is 0 Å². The van der Waals surface area contributed by atoms with Crippen molar-refractivity contribution in [3.05, 3.63) is 11.9 Å². The van der Waals surface area contributed by atoms with Crippen LogP contribution in [0.4, 0.5) is 5.82 Å². The highest BCUT2D eigenvalue weighted by atomic mass is 16.5. The lowest BCUT2D eigenvalue weighted by Crippen LogP contribution is -2.25. The molecule has 0 atom stereocenters. The molecule has 0 saturated carbocycles. The summed E-state index contributed by atoms with van der Waals surface area (Å²) in [6.45, 7) is 13.4. The summed E-state index contributed by atoms with van der Waals surface area (Å²) in [7, 11) is 0. The van der Waals surface area contributed by atoms with E-state index < -0.39 is 0 Å².